The molecule has 1 amide bonds. The molecule has 0 spiro atoms. The van der Waals surface area contributed by atoms with Crippen LogP contribution in [0.1, 0.15) is 25.7 Å². The Balaban J connectivity index is 1.48. The zero-order chi connectivity index (χ0) is 15.2. The van der Waals surface area contributed by atoms with Crippen molar-refractivity contribution in [2.24, 2.45) is 5.92 Å². The maximum absolute atomic E-state index is 12.0. The first-order valence-corrected chi connectivity index (χ1v) is 7.78. The lowest BCUT2D eigenvalue weighted by molar-refractivity contribution is -0.116. The zero-order valence-electron chi connectivity index (χ0n) is 12.5. The van der Waals surface area contributed by atoms with Crippen LogP contribution in [0.4, 0.5) is 5.69 Å². The van der Waals surface area contributed by atoms with Gasteiger partial charge in [0.25, 0.3) is 0 Å². The molecule has 6 nitrogen and oxygen atoms in total. The molecule has 22 heavy (non-hydrogen) atoms. The van der Waals surface area contributed by atoms with E-state index in [4.69, 9.17) is 0 Å². The standard InChI is InChI=1S/C16H21N5O/c22-16(5-2-13-6-9-17-10-7-13)20-14-3-4-15(18-12-14)21-11-1-8-19-21/h1,3-4,8,11-13,17H,2,5-7,9-10H2,(H,20,22). The molecule has 0 saturated carbocycles. The normalized spacial score (nSPS) is 15.6. The summed E-state index contributed by atoms with van der Waals surface area (Å²) in [6.45, 7) is 2.15. The number of carbonyl (C=O) groups excluding carboxylic acids is 1. The molecule has 0 radical (unpaired) electrons. The number of rotatable bonds is 5. The highest BCUT2D eigenvalue weighted by molar-refractivity contribution is 5.90. The third-order valence-electron chi connectivity index (χ3n) is 4.01. The molecule has 1 fully saturated rings. The number of pyridine rings is 1. The molecular weight excluding hydrogens is 278 g/mol. The Morgan fingerprint density at radius 1 is 1.36 bits per heavy atom. The van der Waals surface area contributed by atoms with E-state index in [0.717, 1.165) is 31.0 Å². The Hall–Kier alpha value is -2.21. The van der Waals surface area contributed by atoms with Crippen LogP contribution < -0.4 is 10.6 Å². The van der Waals surface area contributed by atoms with Crippen LogP contribution in [0.2, 0.25) is 0 Å². The van der Waals surface area contributed by atoms with Crippen LogP contribution in [0.15, 0.2) is 36.8 Å². The van der Waals surface area contributed by atoms with E-state index in [-0.39, 0.29) is 5.91 Å². The van der Waals surface area contributed by atoms with Crippen LogP contribution in [0.3, 0.4) is 0 Å². The molecule has 1 saturated heterocycles. The zero-order valence-corrected chi connectivity index (χ0v) is 12.5. The van der Waals surface area contributed by atoms with Gasteiger partial charge in [0, 0.05) is 18.8 Å². The number of piperidine rings is 1. The second-order valence-corrected chi connectivity index (χ2v) is 5.64. The molecule has 1 aliphatic rings. The lowest BCUT2D eigenvalue weighted by Gasteiger charge is -2.22. The number of nitrogens with one attached hydrogen (secondary N) is 2. The van der Waals surface area contributed by atoms with Gasteiger partial charge < -0.3 is 10.6 Å². The van der Waals surface area contributed by atoms with Gasteiger partial charge in [-0.3, -0.25) is 4.79 Å². The number of hydrogen-bond acceptors (Lipinski definition) is 4. The summed E-state index contributed by atoms with van der Waals surface area (Å²) in [5, 5.41) is 10.4. The highest BCUT2D eigenvalue weighted by atomic mass is 16.1. The number of nitrogens with zero attached hydrogens (tertiary/aromatic N) is 3. The average molecular weight is 299 g/mol. The Morgan fingerprint density at radius 2 is 2.23 bits per heavy atom. The summed E-state index contributed by atoms with van der Waals surface area (Å²) in [5.74, 6) is 1.47. The predicted octanol–water partition coefficient (Wildman–Crippen LogP) is 1.99. The smallest absolute Gasteiger partial charge is 0.224 e. The SMILES string of the molecule is O=C(CCC1CCNCC1)Nc1ccc(-n2cccn2)nc1. The van der Waals surface area contributed by atoms with Crippen molar-refractivity contribution in [3.63, 3.8) is 0 Å². The minimum absolute atomic E-state index is 0.0622. The third kappa shape index (κ3) is 3.92. The van der Waals surface area contributed by atoms with Crippen molar-refractivity contribution in [2.75, 3.05) is 18.4 Å². The molecule has 116 valence electrons. The van der Waals surface area contributed by atoms with Gasteiger partial charge in [0.1, 0.15) is 0 Å². The molecule has 3 rings (SSSR count). The highest BCUT2D eigenvalue weighted by Gasteiger charge is 2.14. The van der Waals surface area contributed by atoms with Gasteiger partial charge in [-0.05, 0) is 56.5 Å². The first-order valence-electron chi connectivity index (χ1n) is 7.78. The van der Waals surface area contributed by atoms with Crippen LogP contribution >= 0.6 is 0 Å². The van der Waals surface area contributed by atoms with Gasteiger partial charge in [0.05, 0.1) is 11.9 Å². The van der Waals surface area contributed by atoms with Gasteiger partial charge in [0.2, 0.25) is 5.91 Å². The van der Waals surface area contributed by atoms with Crippen molar-refractivity contribution >= 4 is 11.6 Å². The summed E-state index contributed by atoms with van der Waals surface area (Å²) < 4.78 is 1.68. The van der Waals surface area contributed by atoms with Crippen molar-refractivity contribution in [2.45, 2.75) is 25.7 Å². The van der Waals surface area contributed by atoms with E-state index in [2.05, 4.69) is 20.7 Å². The van der Waals surface area contributed by atoms with Gasteiger partial charge in [-0.15, -0.1) is 0 Å². The summed E-state index contributed by atoms with van der Waals surface area (Å²) in [4.78, 5) is 16.3. The first-order chi connectivity index (χ1) is 10.8. The summed E-state index contributed by atoms with van der Waals surface area (Å²) >= 11 is 0. The number of anilines is 1. The van der Waals surface area contributed by atoms with E-state index in [1.165, 1.54) is 12.8 Å². The molecule has 6 heteroatoms. The topological polar surface area (TPSA) is 71.8 Å². The molecule has 0 aromatic carbocycles. The molecule has 3 heterocycles. The minimum atomic E-state index is 0.0622. The molecule has 0 aliphatic carbocycles. The van der Waals surface area contributed by atoms with Gasteiger partial charge in [0.15, 0.2) is 5.82 Å². The van der Waals surface area contributed by atoms with Gasteiger partial charge in [-0.25, -0.2) is 9.67 Å². The number of aromatic nitrogens is 3. The first kappa shape index (κ1) is 14.7. The Kier molecular flexibility index (Phi) is 4.80. The van der Waals surface area contributed by atoms with Gasteiger partial charge in [-0.1, -0.05) is 0 Å². The van der Waals surface area contributed by atoms with Crippen molar-refractivity contribution < 1.29 is 4.79 Å². The Labute approximate surface area is 129 Å². The van der Waals surface area contributed by atoms with Gasteiger partial charge in [-0.2, -0.15) is 5.10 Å². The minimum Gasteiger partial charge on any atom is -0.325 e. The summed E-state index contributed by atoms with van der Waals surface area (Å²) in [6, 6.07) is 5.54. The molecule has 2 aromatic heterocycles. The highest BCUT2D eigenvalue weighted by Crippen LogP contribution is 2.18. The molecule has 1 aliphatic heterocycles. The van der Waals surface area contributed by atoms with Crippen molar-refractivity contribution in [3.8, 4) is 5.82 Å². The lowest BCUT2D eigenvalue weighted by atomic mass is 9.93. The van der Waals surface area contributed by atoms with E-state index in [0.29, 0.717) is 12.3 Å². The fraction of sp³-hybridized carbons (Fsp3) is 0.438. The monoisotopic (exact) mass is 299 g/mol. The largest absolute Gasteiger partial charge is 0.325 e. The Morgan fingerprint density at radius 3 is 2.91 bits per heavy atom. The van der Waals surface area contributed by atoms with Crippen LogP contribution in [0.25, 0.3) is 5.82 Å². The second-order valence-electron chi connectivity index (χ2n) is 5.64. The maximum Gasteiger partial charge on any atom is 0.224 e. The average Bonchev–Trinajstić information content (AvgIpc) is 3.09. The third-order valence-corrected chi connectivity index (χ3v) is 4.01. The van der Waals surface area contributed by atoms with Gasteiger partial charge >= 0.3 is 0 Å². The van der Waals surface area contributed by atoms with Crippen molar-refractivity contribution in [3.05, 3.63) is 36.8 Å². The van der Waals surface area contributed by atoms with Crippen LogP contribution in [-0.4, -0.2) is 33.8 Å². The van der Waals surface area contributed by atoms with Crippen LogP contribution in [-0.2, 0) is 4.79 Å². The molecule has 0 atom stereocenters. The van der Waals surface area contributed by atoms with Crippen molar-refractivity contribution in [1.82, 2.24) is 20.1 Å². The maximum atomic E-state index is 12.0. The molecular formula is C16H21N5O. The number of amides is 1. The number of hydrogen-bond donors (Lipinski definition) is 2. The van der Waals surface area contributed by atoms with Crippen molar-refractivity contribution in [1.29, 1.82) is 0 Å². The molecule has 0 bridgehead atoms. The van der Waals surface area contributed by atoms with E-state index in [9.17, 15) is 4.79 Å². The molecule has 2 aromatic rings. The fourth-order valence-corrected chi connectivity index (χ4v) is 2.73. The van der Waals surface area contributed by atoms with E-state index < -0.39 is 0 Å². The predicted molar refractivity (Wildman–Crippen MR) is 84.8 cm³/mol. The van der Waals surface area contributed by atoms with Crippen LogP contribution in [0.5, 0.6) is 0 Å². The quantitative estimate of drug-likeness (QED) is 0.885. The Bertz CT molecular complexity index is 588. The second kappa shape index (κ2) is 7.17. The summed E-state index contributed by atoms with van der Waals surface area (Å²) in [5.41, 5.74) is 0.728. The fourth-order valence-electron chi connectivity index (χ4n) is 2.73. The summed E-state index contributed by atoms with van der Waals surface area (Å²) in [7, 11) is 0. The summed E-state index contributed by atoms with van der Waals surface area (Å²) in [6.07, 6.45) is 9.09. The van der Waals surface area contributed by atoms with Crippen LogP contribution in [0, 0.1) is 5.92 Å². The lowest BCUT2D eigenvalue weighted by Crippen LogP contribution is -2.28. The van der Waals surface area contributed by atoms with E-state index in [1.807, 2.05) is 24.4 Å². The molecule has 0 unspecified atom stereocenters. The number of carbonyl (C=O) groups is 1. The van der Waals surface area contributed by atoms with E-state index in [1.54, 1.807) is 17.1 Å². The molecule has 2 N–H and O–H groups in total. The van der Waals surface area contributed by atoms with E-state index >= 15 is 0 Å².